The van der Waals surface area contributed by atoms with E-state index < -0.39 is 35.7 Å². The zero-order valence-electron chi connectivity index (χ0n) is 10.6. The van der Waals surface area contributed by atoms with Gasteiger partial charge < -0.3 is 0 Å². The normalized spacial score (nSPS) is 13.8. The summed E-state index contributed by atoms with van der Waals surface area (Å²) in [6, 6.07) is 6.48. The molecule has 0 saturated heterocycles. The molecule has 3 nitrogen and oxygen atoms in total. The van der Waals surface area contributed by atoms with Crippen LogP contribution in [0.25, 0.3) is 0 Å². The molecule has 2 aromatic carbocycles. The van der Waals surface area contributed by atoms with Gasteiger partial charge in [-0.25, -0.2) is 13.2 Å². The van der Waals surface area contributed by atoms with Crippen molar-refractivity contribution in [3.05, 3.63) is 65.0 Å². The second-order valence-corrected chi connectivity index (χ2v) is 4.59. The quantitative estimate of drug-likeness (QED) is 0.798. The Labute approximate surface area is 117 Å². The first-order valence-electron chi connectivity index (χ1n) is 6.07. The van der Waals surface area contributed by atoms with E-state index in [1.807, 2.05) is 0 Å². The molecule has 0 N–H and O–H groups in total. The number of anilines is 1. The van der Waals surface area contributed by atoms with Gasteiger partial charge in [-0.15, -0.1) is 0 Å². The summed E-state index contributed by atoms with van der Waals surface area (Å²) < 4.78 is 40.7. The number of para-hydroxylation sites is 1. The number of carbonyl (C=O) groups excluding carboxylic acids is 2. The van der Waals surface area contributed by atoms with Gasteiger partial charge in [0.2, 0.25) is 0 Å². The smallest absolute Gasteiger partial charge is 0.297 e. The topological polar surface area (TPSA) is 37.4 Å². The Morgan fingerprint density at radius 1 is 0.952 bits per heavy atom. The highest BCUT2D eigenvalue weighted by Gasteiger charge is 2.38. The molecule has 0 unspecified atom stereocenters. The van der Waals surface area contributed by atoms with Crippen LogP contribution in [-0.4, -0.2) is 11.7 Å². The average Bonchev–Trinajstić information content (AvgIpc) is 2.69. The second kappa shape index (κ2) is 4.73. The average molecular weight is 291 g/mol. The number of nitrogens with zero attached hydrogens (tertiary/aromatic N) is 1. The Balaban J connectivity index is 2.06. The Morgan fingerprint density at radius 2 is 1.71 bits per heavy atom. The van der Waals surface area contributed by atoms with Gasteiger partial charge in [-0.1, -0.05) is 6.07 Å². The number of fused-ring (bicyclic) bond motifs is 1. The first kappa shape index (κ1) is 13.4. The van der Waals surface area contributed by atoms with Crippen LogP contribution in [0, 0.1) is 17.5 Å². The molecule has 3 rings (SSSR count). The van der Waals surface area contributed by atoms with Crippen LogP contribution in [0.15, 0.2) is 36.4 Å². The summed E-state index contributed by atoms with van der Waals surface area (Å²) in [6.07, 6.45) is 0. The molecule has 106 valence electrons. The summed E-state index contributed by atoms with van der Waals surface area (Å²) >= 11 is 0. The molecule has 2 aromatic rings. The van der Waals surface area contributed by atoms with Gasteiger partial charge >= 0.3 is 0 Å². The molecule has 0 saturated carbocycles. The van der Waals surface area contributed by atoms with Gasteiger partial charge in [0.1, 0.15) is 17.5 Å². The monoisotopic (exact) mass is 291 g/mol. The summed E-state index contributed by atoms with van der Waals surface area (Å²) in [5.74, 6) is -4.00. The molecule has 0 bridgehead atoms. The fourth-order valence-electron chi connectivity index (χ4n) is 2.30. The van der Waals surface area contributed by atoms with Crippen molar-refractivity contribution in [3.8, 4) is 0 Å². The largest absolute Gasteiger partial charge is 0.299 e. The van der Waals surface area contributed by atoms with Crippen LogP contribution in [0.5, 0.6) is 0 Å². The van der Waals surface area contributed by atoms with Gasteiger partial charge in [0.05, 0.1) is 17.8 Å². The van der Waals surface area contributed by atoms with Gasteiger partial charge in [-0.2, -0.15) is 0 Å². The van der Waals surface area contributed by atoms with Gasteiger partial charge in [-0.3, -0.25) is 14.5 Å². The van der Waals surface area contributed by atoms with Gasteiger partial charge in [-0.05, 0) is 30.3 Å². The molecule has 1 amide bonds. The zero-order chi connectivity index (χ0) is 15.1. The van der Waals surface area contributed by atoms with Crippen molar-refractivity contribution in [2.24, 2.45) is 0 Å². The van der Waals surface area contributed by atoms with Crippen LogP contribution in [0.1, 0.15) is 15.9 Å². The van der Waals surface area contributed by atoms with Crippen LogP contribution in [-0.2, 0) is 11.3 Å². The maximum Gasteiger partial charge on any atom is 0.299 e. The summed E-state index contributed by atoms with van der Waals surface area (Å²) in [7, 11) is 0. The maximum atomic E-state index is 13.9. The molecule has 0 radical (unpaired) electrons. The van der Waals surface area contributed by atoms with Crippen LogP contribution >= 0.6 is 0 Å². The molecule has 0 spiro atoms. The highest BCUT2D eigenvalue weighted by molar-refractivity contribution is 6.52. The minimum absolute atomic E-state index is 0.0724. The van der Waals surface area contributed by atoms with Crippen LogP contribution in [0.2, 0.25) is 0 Å². The van der Waals surface area contributed by atoms with E-state index in [4.69, 9.17) is 0 Å². The van der Waals surface area contributed by atoms with Gasteiger partial charge in [0.15, 0.2) is 0 Å². The second-order valence-electron chi connectivity index (χ2n) is 4.59. The zero-order valence-corrected chi connectivity index (χ0v) is 10.6. The van der Waals surface area contributed by atoms with E-state index in [0.717, 1.165) is 29.2 Å². The summed E-state index contributed by atoms with van der Waals surface area (Å²) in [4.78, 5) is 24.5. The first-order valence-corrected chi connectivity index (χ1v) is 6.07. The number of Topliss-reactive ketones (excluding diaryl/α,β-unsaturated/α-hetero) is 1. The predicted molar refractivity (Wildman–Crippen MR) is 68.3 cm³/mol. The molecule has 0 aliphatic carbocycles. The van der Waals surface area contributed by atoms with Crippen molar-refractivity contribution in [1.29, 1.82) is 0 Å². The molecule has 1 heterocycles. The van der Waals surface area contributed by atoms with Gasteiger partial charge in [0, 0.05) is 5.56 Å². The molecule has 0 fully saturated rings. The number of amides is 1. The molecular weight excluding hydrogens is 283 g/mol. The minimum Gasteiger partial charge on any atom is -0.297 e. The van der Waals surface area contributed by atoms with Crippen LogP contribution in [0.3, 0.4) is 0 Å². The lowest BCUT2D eigenvalue weighted by Gasteiger charge is -2.17. The molecule has 0 aromatic heterocycles. The lowest BCUT2D eigenvalue weighted by atomic mass is 10.1. The molecule has 1 aliphatic rings. The Hall–Kier alpha value is -2.63. The summed E-state index contributed by atoms with van der Waals surface area (Å²) in [5, 5.41) is 0. The molecule has 1 aliphatic heterocycles. The van der Waals surface area contributed by atoms with E-state index in [-0.39, 0.29) is 16.8 Å². The summed E-state index contributed by atoms with van der Waals surface area (Å²) in [6.45, 7) is -0.415. The van der Waals surface area contributed by atoms with Crippen LogP contribution < -0.4 is 4.90 Å². The highest BCUT2D eigenvalue weighted by atomic mass is 19.1. The predicted octanol–water partition coefficient (Wildman–Crippen LogP) is 2.83. The van der Waals surface area contributed by atoms with Crippen molar-refractivity contribution < 1.29 is 22.8 Å². The maximum absolute atomic E-state index is 13.9. The number of benzene rings is 2. The highest BCUT2D eigenvalue weighted by Crippen LogP contribution is 2.33. The first-order chi connectivity index (χ1) is 9.99. The van der Waals surface area contributed by atoms with E-state index >= 15 is 0 Å². The van der Waals surface area contributed by atoms with Crippen molar-refractivity contribution in [2.75, 3.05) is 4.90 Å². The Kier molecular flexibility index (Phi) is 3.01. The third-order valence-corrected chi connectivity index (χ3v) is 3.28. The van der Waals surface area contributed by atoms with Crippen molar-refractivity contribution in [2.45, 2.75) is 6.54 Å². The number of rotatable bonds is 2. The lowest BCUT2D eigenvalue weighted by molar-refractivity contribution is -0.114. The third kappa shape index (κ3) is 2.08. The third-order valence-electron chi connectivity index (χ3n) is 3.28. The SMILES string of the molecule is O=C1C(=O)N(Cc2cc(F)ccc2F)c2c(F)cccc21. The van der Waals surface area contributed by atoms with Gasteiger partial charge in [0.25, 0.3) is 11.7 Å². The lowest BCUT2D eigenvalue weighted by Crippen LogP contribution is -2.30. The number of hydrogen-bond acceptors (Lipinski definition) is 2. The van der Waals surface area contributed by atoms with E-state index in [2.05, 4.69) is 0 Å². The number of halogens is 3. The van der Waals surface area contributed by atoms with Crippen LogP contribution in [0.4, 0.5) is 18.9 Å². The van der Waals surface area contributed by atoms with E-state index in [1.54, 1.807) is 0 Å². The molecule has 21 heavy (non-hydrogen) atoms. The van der Waals surface area contributed by atoms with Crippen molar-refractivity contribution >= 4 is 17.4 Å². The molecule has 0 atom stereocenters. The molecular formula is C15H8F3NO2. The van der Waals surface area contributed by atoms with E-state index in [9.17, 15) is 22.8 Å². The fraction of sp³-hybridized carbons (Fsp3) is 0.0667. The number of ketones is 1. The summed E-state index contributed by atoms with van der Waals surface area (Å²) in [5.41, 5.74) is -0.403. The van der Waals surface area contributed by atoms with E-state index in [0.29, 0.717) is 0 Å². The standard InChI is InChI=1S/C15H8F3NO2/c16-9-4-5-11(17)8(6-9)7-19-13-10(14(20)15(19)21)2-1-3-12(13)18/h1-6H,7H2. The number of hydrogen-bond donors (Lipinski definition) is 0. The van der Waals surface area contributed by atoms with E-state index in [1.165, 1.54) is 12.1 Å². The Morgan fingerprint density at radius 3 is 2.48 bits per heavy atom. The molecule has 6 heteroatoms. The van der Waals surface area contributed by atoms with Crippen molar-refractivity contribution in [1.82, 2.24) is 0 Å². The minimum atomic E-state index is -0.959. The number of carbonyl (C=O) groups is 2. The fourth-order valence-corrected chi connectivity index (χ4v) is 2.30. The Bertz CT molecular complexity index is 774. The van der Waals surface area contributed by atoms with Crippen molar-refractivity contribution in [3.63, 3.8) is 0 Å².